The van der Waals surface area contributed by atoms with Gasteiger partial charge in [0.15, 0.2) is 0 Å². The molecule has 3 rings (SSSR count). The highest BCUT2D eigenvalue weighted by atomic mass is 16.6. The quantitative estimate of drug-likeness (QED) is 0.396. The Balaban J connectivity index is 1.68. The third-order valence-corrected chi connectivity index (χ3v) is 6.47. The average Bonchev–Trinajstić information content (AvgIpc) is 2.71. The van der Waals surface area contributed by atoms with Crippen molar-refractivity contribution in [1.82, 2.24) is 4.90 Å². The number of anilines is 1. The topological polar surface area (TPSA) is 84.7 Å². The van der Waals surface area contributed by atoms with Crippen LogP contribution in [0.2, 0.25) is 0 Å². The predicted octanol–water partition coefficient (Wildman–Crippen LogP) is 4.62. The Morgan fingerprint density at radius 1 is 1.17 bits per heavy atom. The minimum absolute atomic E-state index is 0.0389. The first-order valence-corrected chi connectivity index (χ1v) is 11.5. The van der Waals surface area contributed by atoms with E-state index >= 15 is 0 Å². The number of rotatable bonds is 7. The molecule has 0 spiro atoms. The number of likely N-dealkylation sites (tertiary alicyclic amines) is 1. The lowest BCUT2D eigenvalue weighted by molar-refractivity contribution is -0.384. The Hall–Kier alpha value is -2.15. The first kappa shape index (κ1) is 22.5. The van der Waals surface area contributed by atoms with Crippen LogP contribution in [0.25, 0.3) is 0 Å². The van der Waals surface area contributed by atoms with Crippen LogP contribution in [0.4, 0.5) is 11.4 Å². The summed E-state index contributed by atoms with van der Waals surface area (Å²) in [7, 11) is 0. The Labute approximate surface area is 179 Å². The molecule has 1 N–H and O–H groups in total. The molecule has 166 valence electrons. The highest BCUT2D eigenvalue weighted by Crippen LogP contribution is 2.30. The van der Waals surface area contributed by atoms with Gasteiger partial charge in [0.2, 0.25) is 0 Å². The van der Waals surface area contributed by atoms with E-state index < -0.39 is 0 Å². The Bertz CT molecular complexity index is 703. The van der Waals surface area contributed by atoms with Crippen molar-refractivity contribution < 1.29 is 14.5 Å². The first-order valence-electron chi connectivity index (χ1n) is 11.5. The van der Waals surface area contributed by atoms with Crippen LogP contribution in [-0.4, -0.2) is 48.1 Å². The van der Waals surface area contributed by atoms with Gasteiger partial charge in [-0.05, 0) is 38.2 Å². The standard InChI is InChI=1S/C23H35N3O4/c1-2-30-23(27)19-17-25(16-18-10-6-4-3-5-7-11-18)15-14-20(19)24-21-12-8-9-13-22(21)26(28)29/h8-9,12-13,18-20,24H,2-7,10-11,14-17H2,1H3/t19-,20-/m1/s1. The first-order chi connectivity index (χ1) is 14.6. The third-order valence-electron chi connectivity index (χ3n) is 6.47. The number of nitro benzene ring substituents is 1. The Morgan fingerprint density at radius 2 is 1.87 bits per heavy atom. The van der Waals surface area contributed by atoms with Crippen molar-refractivity contribution in [3.8, 4) is 0 Å². The molecule has 1 saturated carbocycles. The van der Waals surface area contributed by atoms with Crippen LogP contribution in [0, 0.1) is 22.0 Å². The van der Waals surface area contributed by atoms with Crippen LogP contribution in [-0.2, 0) is 9.53 Å². The van der Waals surface area contributed by atoms with Crippen LogP contribution >= 0.6 is 0 Å². The van der Waals surface area contributed by atoms with Crippen LogP contribution < -0.4 is 5.32 Å². The summed E-state index contributed by atoms with van der Waals surface area (Å²) in [4.78, 5) is 26.1. The van der Waals surface area contributed by atoms with Crippen LogP contribution in [0.15, 0.2) is 24.3 Å². The summed E-state index contributed by atoms with van der Waals surface area (Å²) in [5.41, 5.74) is 0.507. The van der Waals surface area contributed by atoms with Gasteiger partial charge >= 0.3 is 5.97 Å². The van der Waals surface area contributed by atoms with E-state index in [4.69, 9.17) is 4.74 Å². The summed E-state index contributed by atoms with van der Waals surface area (Å²) in [6, 6.07) is 6.47. The number of nitro groups is 1. The van der Waals surface area contributed by atoms with Gasteiger partial charge in [-0.15, -0.1) is 0 Å². The van der Waals surface area contributed by atoms with E-state index in [2.05, 4.69) is 10.2 Å². The second-order valence-corrected chi connectivity index (χ2v) is 8.64. The maximum atomic E-state index is 12.7. The molecule has 1 aromatic rings. The number of nitrogens with zero attached hydrogens (tertiary/aromatic N) is 2. The molecule has 2 fully saturated rings. The monoisotopic (exact) mass is 417 g/mol. The van der Waals surface area contributed by atoms with E-state index in [1.807, 2.05) is 6.92 Å². The molecule has 1 heterocycles. The molecule has 7 nitrogen and oxygen atoms in total. The van der Waals surface area contributed by atoms with E-state index in [1.165, 1.54) is 51.0 Å². The predicted molar refractivity (Wildman–Crippen MR) is 117 cm³/mol. The summed E-state index contributed by atoms with van der Waals surface area (Å²) >= 11 is 0. The van der Waals surface area contributed by atoms with Crippen molar-refractivity contribution in [3.05, 3.63) is 34.4 Å². The molecule has 1 aliphatic carbocycles. The lowest BCUT2D eigenvalue weighted by Crippen LogP contribution is -2.51. The van der Waals surface area contributed by atoms with Gasteiger partial charge in [-0.25, -0.2) is 0 Å². The molecule has 30 heavy (non-hydrogen) atoms. The number of carbonyl (C=O) groups excluding carboxylic acids is 1. The number of esters is 1. The summed E-state index contributed by atoms with van der Waals surface area (Å²) in [6.07, 6.45) is 9.97. The lowest BCUT2D eigenvalue weighted by atomic mass is 9.88. The second kappa shape index (κ2) is 11.3. The van der Waals surface area contributed by atoms with Crippen LogP contribution in [0.3, 0.4) is 0 Å². The van der Waals surface area contributed by atoms with Crippen molar-refractivity contribution in [3.63, 3.8) is 0 Å². The molecular weight excluding hydrogens is 382 g/mol. The SMILES string of the molecule is CCOC(=O)[C@@H]1CN(CC2CCCCCCC2)CC[C@H]1Nc1ccccc1[N+](=O)[O-]. The van der Waals surface area contributed by atoms with Crippen molar-refractivity contribution in [2.45, 2.75) is 64.3 Å². The fraction of sp³-hybridized carbons (Fsp3) is 0.696. The van der Waals surface area contributed by atoms with Gasteiger partial charge in [0, 0.05) is 31.7 Å². The van der Waals surface area contributed by atoms with Gasteiger partial charge in [0.1, 0.15) is 5.69 Å². The van der Waals surface area contributed by atoms with Gasteiger partial charge in [0.05, 0.1) is 17.4 Å². The van der Waals surface area contributed by atoms with E-state index in [0.717, 1.165) is 19.5 Å². The number of piperidine rings is 1. The molecule has 1 saturated heterocycles. The highest BCUT2D eigenvalue weighted by molar-refractivity contribution is 5.75. The number of hydrogen-bond donors (Lipinski definition) is 1. The maximum absolute atomic E-state index is 12.7. The van der Waals surface area contributed by atoms with E-state index in [1.54, 1.807) is 18.2 Å². The van der Waals surface area contributed by atoms with E-state index in [9.17, 15) is 14.9 Å². The highest BCUT2D eigenvalue weighted by Gasteiger charge is 2.36. The smallest absolute Gasteiger partial charge is 0.312 e. The molecular formula is C23H35N3O4. The number of para-hydroxylation sites is 2. The number of benzene rings is 1. The molecule has 0 bridgehead atoms. The van der Waals surface area contributed by atoms with Gasteiger partial charge in [-0.3, -0.25) is 14.9 Å². The Kier molecular flexibility index (Phi) is 8.49. The number of ether oxygens (including phenoxy) is 1. The summed E-state index contributed by atoms with van der Waals surface area (Å²) < 4.78 is 5.36. The van der Waals surface area contributed by atoms with Crippen molar-refractivity contribution >= 4 is 17.3 Å². The van der Waals surface area contributed by atoms with Crippen LogP contribution in [0.1, 0.15) is 58.3 Å². The molecule has 0 amide bonds. The maximum Gasteiger partial charge on any atom is 0.312 e. The van der Waals surface area contributed by atoms with Gasteiger partial charge in [-0.2, -0.15) is 0 Å². The average molecular weight is 418 g/mol. The van der Waals surface area contributed by atoms with Crippen molar-refractivity contribution in [2.75, 3.05) is 31.6 Å². The molecule has 2 atom stereocenters. The Morgan fingerprint density at radius 3 is 2.57 bits per heavy atom. The third kappa shape index (κ3) is 6.17. The number of nitrogens with one attached hydrogen (secondary N) is 1. The lowest BCUT2D eigenvalue weighted by Gasteiger charge is -2.39. The summed E-state index contributed by atoms with van der Waals surface area (Å²) in [5, 5.41) is 14.7. The van der Waals surface area contributed by atoms with Crippen molar-refractivity contribution in [1.29, 1.82) is 0 Å². The summed E-state index contributed by atoms with van der Waals surface area (Å²) in [6.45, 7) is 4.74. The zero-order chi connectivity index (χ0) is 21.3. The zero-order valence-electron chi connectivity index (χ0n) is 18.1. The minimum atomic E-state index is -0.383. The summed E-state index contributed by atoms with van der Waals surface area (Å²) in [5.74, 6) is 0.163. The molecule has 2 aliphatic rings. The molecule has 0 unspecified atom stereocenters. The normalized spacial score (nSPS) is 23.9. The molecule has 0 aromatic heterocycles. The van der Waals surface area contributed by atoms with Gasteiger partial charge in [-0.1, -0.05) is 44.2 Å². The van der Waals surface area contributed by atoms with Gasteiger partial charge < -0.3 is 15.0 Å². The minimum Gasteiger partial charge on any atom is -0.466 e. The van der Waals surface area contributed by atoms with E-state index in [-0.39, 0.29) is 28.5 Å². The molecule has 7 heteroatoms. The molecule has 1 aromatic carbocycles. The van der Waals surface area contributed by atoms with Crippen LogP contribution in [0.5, 0.6) is 0 Å². The second-order valence-electron chi connectivity index (χ2n) is 8.64. The number of hydrogen-bond acceptors (Lipinski definition) is 6. The van der Waals surface area contributed by atoms with Gasteiger partial charge in [0.25, 0.3) is 5.69 Å². The van der Waals surface area contributed by atoms with E-state index in [0.29, 0.717) is 24.8 Å². The van der Waals surface area contributed by atoms with Crippen molar-refractivity contribution in [2.24, 2.45) is 11.8 Å². The fourth-order valence-corrected chi connectivity index (χ4v) is 4.89. The fourth-order valence-electron chi connectivity index (χ4n) is 4.89. The largest absolute Gasteiger partial charge is 0.466 e. The molecule has 0 radical (unpaired) electrons. The number of carbonyl (C=O) groups is 1. The zero-order valence-corrected chi connectivity index (χ0v) is 18.1. The molecule has 1 aliphatic heterocycles.